The Hall–Kier alpha value is -2.80. The van der Waals surface area contributed by atoms with Crippen molar-refractivity contribution in [3.05, 3.63) is 53.1 Å². The van der Waals surface area contributed by atoms with E-state index in [2.05, 4.69) is 17.6 Å². The largest absolute Gasteiger partial charge is 0.493 e. The van der Waals surface area contributed by atoms with Crippen molar-refractivity contribution in [3.8, 4) is 11.5 Å². The van der Waals surface area contributed by atoms with E-state index in [1.54, 1.807) is 33.3 Å². The summed E-state index contributed by atoms with van der Waals surface area (Å²) >= 11 is 5.50. The maximum Gasteiger partial charge on any atom is 0.338 e. The molecule has 0 spiro atoms. The first-order valence-electron chi connectivity index (χ1n) is 9.50. The Labute approximate surface area is 177 Å². The van der Waals surface area contributed by atoms with Gasteiger partial charge in [-0.25, -0.2) is 4.79 Å². The van der Waals surface area contributed by atoms with Crippen LogP contribution in [0.15, 0.2) is 36.4 Å². The second-order valence-electron chi connectivity index (χ2n) is 6.42. The average Bonchev–Trinajstić information content (AvgIpc) is 2.73. The van der Waals surface area contributed by atoms with Gasteiger partial charge in [0.1, 0.15) is 0 Å². The number of esters is 1. The lowest BCUT2D eigenvalue weighted by Crippen LogP contribution is -2.32. The SMILES string of the molecule is CCOC(=O)c1ccc(NC(=S)N[C@@H](CC)c2ccc(OC)c(OC)c2)c(C)c1. The predicted molar refractivity (Wildman–Crippen MR) is 119 cm³/mol. The third-order valence-corrected chi connectivity index (χ3v) is 4.73. The number of aryl methyl sites for hydroxylation is 1. The molecule has 0 bridgehead atoms. The van der Waals surface area contributed by atoms with Crippen LogP contribution < -0.4 is 20.1 Å². The molecule has 156 valence electrons. The predicted octanol–water partition coefficient (Wildman–Crippen LogP) is 4.63. The topological polar surface area (TPSA) is 68.8 Å². The average molecular weight is 417 g/mol. The molecular weight excluding hydrogens is 388 g/mol. The van der Waals surface area contributed by atoms with Gasteiger partial charge in [-0.2, -0.15) is 0 Å². The van der Waals surface area contributed by atoms with Crippen molar-refractivity contribution >= 4 is 29.0 Å². The van der Waals surface area contributed by atoms with Gasteiger partial charge in [0.25, 0.3) is 0 Å². The second kappa shape index (κ2) is 10.7. The van der Waals surface area contributed by atoms with Crippen LogP contribution in [0.3, 0.4) is 0 Å². The normalized spacial score (nSPS) is 11.3. The minimum absolute atomic E-state index is 0.00826. The standard InChI is InChI=1S/C22H28N2O4S/c1-6-17(15-9-11-19(26-4)20(13-15)27-5)23-22(29)24-18-10-8-16(12-14(18)3)21(25)28-7-2/h8-13,17H,6-7H2,1-5H3,(H2,23,24,29)/t17-/m0/s1. The summed E-state index contributed by atoms with van der Waals surface area (Å²) in [6, 6.07) is 11.2. The number of carbonyl (C=O) groups is 1. The zero-order valence-corrected chi connectivity index (χ0v) is 18.3. The molecule has 0 saturated carbocycles. The van der Waals surface area contributed by atoms with Crippen LogP contribution in [0.4, 0.5) is 5.69 Å². The highest BCUT2D eigenvalue weighted by Crippen LogP contribution is 2.31. The van der Waals surface area contributed by atoms with E-state index in [0.29, 0.717) is 28.8 Å². The van der Waals surface area contributed by atoms with Crippen molar-refractivity contribution in [1.29, 1.82) is 0 Å². The number of hydrogen-bond acceptors (Lipinski definition) is 5. The van der Waals surface area contributed by atoms with Gasteiger partial charge >= 0.3 is 5.97 Å². The lowest BCUT2D eigenvalue weighted by molar-refractivity contribution is 0.0526. The maximum atomic E-state index is 11.9. The van der Waals surface area contributed by atoms with Gasteiger partial charge in [0.2, 0.25) is 0 Å². The number of thiocarbonyl (C=S) groups is 1. The van der Waals surface area contributed by atoms with Crippen LogP contribution >= 0.6 is 12.2 Å². The molecule has 2 N–H and O–H groups in total. The van der Waals surface area contributed by atoms with Gasteiger partial charge in [0.05, 0.1) is 32.4 Å². The summed E-state index contributed by atoms with van der Waals surface area (Å²) in [6.07, 6.45) is 0.831. The van der Waals surface area contributed by atoms with Gasteiger partial charge < -0.3 is 24.8 Å². The number of carbonyl (C=O) groups excluding carboxylic acids is 1. The monoisotopic (exact) mass is 416 g/mol. The summed E-state index contributed by atoms with van der Waals surface area (Å²) in [5.74, 6) is 1.03. The van der Waals surface area contributed by atoms with Crippen LogP contribution in [0.25, 0.3) is 0 Å². The van der Waals surface area contributed by atoms with Crippen molar-refractivity contribution in [3.63, 3.8) is 0 Å². The smallest absolute Gasteiger partial charge is 0.338 e. The fraction of sp³-hybridized carbons (Fsp3) is 0.364. The van der Waals surface area contributed by atoms with E-state index < -0.39 is 0 Å². The summed E-state index contributed by atoms with van der Waals surface area (Å²) in [7, 11) is 3.23. The summed E-state index contributed by atoms with van der Waals surface area (Å²) in [4.78, 5) is 11.9. The molecule has 0 unspecified atom stereocenters. The molecule has 29 heavy (non-hydrogen) atoms. The Bertz CT molecular complexity index is 870. The van der Waals surface area contributed by atoms with Crippen LogP contribution in [0, 0.1) is 6.92 Å². The minimum Gasteiger partial charge on any atom is -0.493 e. The van der Waals surface area contributed by atoms with Crippen molar-refractivity contribution in [2.45, 2.75) is 33.2 Å². The summed E-state index contributed by atoms with van der Waals surface area (Å²) in [6.45, 7) is 6.13. The number of nitrogens with one attached hydrogen (secondary N) is 2. The van der Waals surface area contributed by atoms with E-state index in [-0.39, 0.29) is 12.0 Å². The third kappa shape index (κ3) is 5.84. The first-order valence-corrected chi connectivity index (χ1v) is 9.91. The summed E-state index contributed by atoms with van der Waals surface area (Å²) in [5.41, 5.74) is 3.30. The van der Waals surface area contributed by atoms with Gasteiger partial charge in [0, 0.05) is 5.69 Å². The van der Waals surface area contributed by atoms with E-state index in [4.69, 9.17) is 26.4 Å². The Morgan fingerprint density at radius 2 is 1.79 bits per heavy atom. The quantitative estimate of drug-likeness (QED) is 0.480. The molecule has 7 heteroatoms. The van der Waals surface area contributed by atoms with Gasteiger partial charge in [0.15, 0.2) is 16.6 Å². The zero-order chi connectivity index (χ0) is 21.4. The van der Waals surface area contributed by atoms with Gasteiger partial charge in [-0.05, 0) is 73.9 Å². The zero-order valence-electron chi connectivity index (χ0n) is 17.5. The summed E-state index contributed by atoms with van der Waals surface area (Å²) in [5, 5.41) is 7.04. The lowest BCUT2D eigenvalue weighted by Gasteiger charge is -2.21. The number of benzene rings is 2. The number of hydrogen-bond donors (Lipinski definition) is 2. The molecule has 0 aliphatic heterocycles. The van der Waals surface area contributed by atoms with Crippen LogP contribution in [0.2, 0.25) is 0 Å². The Balaban J connectivity index is 2.10. The number of ether oxygens (including phenoxy) is 3. The van der Waals surface area contributed by atoms with Crippen LogP contribution in [0.1, 0.15) is 47.8 Å². The molecule has 1 atom stereocenters. The third-order valence-electron chi connectivity index (χ3n) is 4.51. The first-order chi connectivity index (χ1) is 13.9. The van der Waals surface area contributed by atoms with Gasteiger partial charge in [-0.1, -0.05) is 13.0 Å². The highest BCUT2D eigenvalue weighted by Gasteiger charge is 2.15. The Morgan fingerprint density at radius 1 is 1.07 bits per heavy atom. The highest BCUT2D eigenvalue weighted by atomic mass is 32.1. The van der Waals surface area contributed by atoms with Crippen molar-refractivity contribution in [2.24, 2.45) is 0 Å². The lowest BCUT2D eigenvalue weighted by atomic mass is 10.0. The molecule has 2 rings (SSSR count). The van der Waals surface area contributed by atoms with E-state index >= 15 is 0 Å². The maximum absolute atomic E-state index is 11.9. The molecule has 0 aliphatic carbocycles. The summed E-state index contributed by atoms with van der Waals surface area (Å²) < 4.78 is 15.7. The van der Waals surface area contributed by atoms with Crippen molar-refractivity contribution in [1.82, 2.24) is 5.32 Å². The second-order valence-corrected chi connectivity index (χ2v) is 6.83. The number of anilines is 1. The van der Waals surface area contributed by atoms with Crippen molar-refractivity contribution in [2.75, 3.05) is 26.1 Å². The molecule has 0 heterocycles. The molecule has 6 nitrogen and oxygen atoms in total. The van der Waals surface area contributed by atoms with E-state index in [9.17, 15) is 4.79 Å². The molecule has 0 radical (unpaired) electrons. The number of methoxy groups -OCH3 is 2. The number of rotatable bonds is 8. The van der Waals surface area contributed by atoms with E-state index in [0.717, 1.165) is 23.2 Å². The molecule has 0 aliphatic rings. The Morgan fingerprint density at radius 3 is 2.38 bits per heavy atom. The van der Waals surface area contributed by atoms with Crippen LogP contribution in [-0.2, 0) is 4.74 Å². The Kier molecular flexibility index (Phi) is 8.27. The van der Waals surface area contributed by atoms with Crippen molar-refractivity contribution < 1.29 is 19.0 Å². The minimum atomic E-state index is -0.331. The fourth-order valence-electron chi connectivity index (χ4n) is 2.95. The molecule has 0 fully saturated rings. The van der Waals surface area contributed by atoms with Crippen LogP contribution in [0.5, 0.6) is 11.5 Å². The van der Waals surface area contributed by atoms with E-state index in [1.165, 1.54) is 0 Å². The fourth-order valence-corrected chi connectivity index (χ4v) is 3.20. The van der Waals surface area contributed by atoms with Crippen LogP contribution in [-0.4, -0.2) is 31.9 Å². The van der Waals surface area contributed by atoms with E-state index in [1.807, 2.05) is 31.2 Å². The molecule has 2 aromatic rings. The molecule has 0 saturated heterocycles. The molecule has 0 amide bonds. The first kappa shape index (κ1) is 22.5. The molecule has 2 aromatic carbocycles. The molecular formula is C22H28N2O4S. The highest BCUT2D eigenvalue weighted by molar-refractivity contribution is 7.80. The molecule has 0 aromatic heterocycles. The van der Waals surface area contributed by atoms with Gasteiger partial charge in [-0.3, -0.25) is 0 Å². The van der Waals surface area contributed by atoms with Gasteiger partial charge in [-0.15, -0.1) is 0 Å².